The number of hydrogen-bond donors (Lipinski definition) is 0. The molecule has 4 aromatic rings. The molecule has 0 amide bonds. The predicted octanol–water partition coefficient (Wildman–Crippen LogP) is 13.1. The zero-order chi connectivity index (χ0) is 41.5. The Hall–Kier alpha value is -3.63. The lowest BCUT2D eigenvalue weighted by Crippen LogP contribution is -2.18. The molecule has 8 bridgehead atoms. The highest BCUT2D eigenvalue weighted by molar-refractivity contribution is 6.17. The summed E-state index contributed by atoms with van der Waals surface area (Å²) in [5, 5.41) is 0. The maximum Gasteiger partial charge on any atom is 0.126 e. The van der Waals surface area contributed by atoms with Crippen molar-refractivity contribution in [2.24, 2.45) is 0 Å². The molecule has 0 unspecified atom stereocenters. The summed E-state index contributed by atoms with van der Waals surface area (Å²) in [6.45, 7) is 27.5. The summed E-state index contributed by atoms with van der Waals surface area (Å²) in [7, 11) is 7.27. The molecule has 0 aromatic heterocycles. The molecule has 4 aromatic carbocycles. The largest absolute Gasteiger partial charge is 0.496 e. The summed E-state index contributed by atoms with van der Waals surface area (Å²) >= 11 is 6.55. The molecule has 304 valence electrons. The Morgan fingerprint density at radius 2 is 0.679 bits per heavy atom. The van der Waals surface area contributed by atoms with E-state index >= 15 is 0 Å². The van der Waals surface area contributed by atoms with Crippen molar-refractivity contribution < 1.29 is 18.9 Å². The van der Waals surface area contributed by atoms with Gasteiger partial charge in [0, 0.05) is 42.2 Å². The van der Waals surface area contributed by atoms with Crippen LogP contribution in [0.25, 0.3) is 0 Å². The van der Waals surface area contributed by atoms with Gasteiger partial charge in [0.1, 0.15) is 23.0 Å². The highest BCUT2D eigenvalue weighted by Gasteiger charge is 2.32. The fourth-order valence-corrected chi connectivity index (χ4v) is 8.53. The van der Waals surface area contributed by atoms with E-state index in [2.05, 4.69) is 132 Å². The number of hydrogen-bond acceptors (Lipinski definition) is 4. The van der Waals surface area contributed by atoms with Crippen LogP contribution in [0.15, 0.2) is 48.5 Å². The van der Waals surface area contributed by atoms with Crippen LogP contribution in [0.4, 0.5) is 0 Å². The topological polar surface area (TPSA) is 36.9 Å². The molecule has 0 spiro atoms. The van der Waals surface area contributed by atoms with Crippen molar-refractivity contribution in [2.75, 3.05) is 34.3 Å². The van der Waals surface area contributed by atoms with Crippen LogP contribution in [0.5, 0.6) is 23.0 Å². The number of rotatable bonds is 7. The second-order valence-electron chi connectivity index (χ2n) is 20.1. The Bertz CT molecular complexity index is 1900. The maximum atomic E-state index is 6.56. The third kappa shape index (κ3) is 9.07. The van der Waals surface area contributed by atoms with E-state index in [9.17, 15) is 0 Å². The second-order valence-corrected chi connectivity index (χ2v) is 20.5. The Balaban J connectivity index is 2.04. The van der Waals surface area contributed by atoms with Crippen LogP contribution in [0, 0.1) is 0 Å². The lowest BCUT2D eigenvalue weighted by molar-refractivity contribution is 0.389. The summed E-state index contributed by atoms with van der Waals surface area (Å²) in [5.41, 5.74) is 13.9. The Labute approximate surface area is 344 Å². The molecule has 0 atom stereocenters. The molecular weight excluding hydrogens is 712 g/mol. The summed E-state index contributed by atoms with van der Waals surface area (Å²) in [4.78, 5) is 0. The molecular formula is C51H69ClO4. The van der Waals surface area contributed by atoms with Gasteiger partial charge in [-0.05, 0) is 90.1 Å². The van der Waals surface area contributed by atoms with Crippen molar-refractivity contribution in [3.8, 4) is 23.0 Å². The van der Waals surface area contributed by atoms with E-state index in [0.717, 1.165) is 69.2 Å². The maximum absolute atomic E-state index is 6.56. The fourth-order valence-electron chi connectivity index (χ4n) is 8.37. The minimum atomic E-state index is -0.108. The van der Waals surface area contributed by atoms with E-state index in [-0.39, 0.29) is 27.6 Å². The molecule has 0 fully saturated rings. The van der Waals surface area contributed by atoms with E-state index < -0.39 is 0 Å². The summed E-state index contributed by atoms with van der Waals surface area (Å²) < 4.78 is 26.0. The van der Waals surface area contributed by atoms with Gasteiger partial charge in [-0.1, -0.05) is 132 Å². The molecule has 5 heteroatoms. The Morgan fingerprint density at radius 3 is 0.911 bits per heavy atom. The standard InChI is InChI=1S/C51H69ClO4/c1-48(2,3)37-23-31-20-32-24-38(49(4,5)6)26-34(45(32)54-14)22-36-28-40(51(10,11)12)30-43(47(36)56-16)41(18-17-19-52)42-29-39(50(7,8)9)27-35(46(42)55-15)21-33(25-37)44(31)53-13/h23-30,41H,17-22H2,1-16H3. The Kier molecular flexibility index (Phi) is 12.7. The molecule has 5 rings (SSSR count). The molecule has 1 aliphatic carbocycles. The van der Waals surface area contributed by atoms with Crippen LogP contribution in [0.3, 0.4) is 0 Å². The third-order valence-corrected chi connectivity index (χ3v) is 11.9. The van der Waals surface area contributed by atoms with Gasteiger partial charge in [-0.2, -0.15) is 0 Å². The van der Waals surface area contributed by atoms with Gasteiger partial charge in [-0.25, -0.2) is 0 Å². The van der Waals surface area contributed by atoms with Gasteiger partial charge in [0.25, 0.3) is 0 Å². The van der Waals surface area contributed by atoms with Crippen LogP contribution < -0.4 is 18.9 Å². The van der Waals surface area contributed by atoms with Crippen molar-refractivity contribution >= 4 is 11.6 Å². The lowest BCUT2D eigenvalue weighted by Gasteiger charge is -2.31. The van der Waals surface area contributed by atoms with Gasteiger partial charge < -0.3 is 18.9 Å². The van der Waals surface area contributed by atoms with Crippen molar-refractivity contribution in [1.82, 2.24) is 0 Å². The molecule has 0 saturated heterocycles. The van der Waals surface area contributed by atoms with Gasteiger partial charge >= 0.3 is 0 Å². The van der Waals surface area contributed by atoms with E-state index in [1.165, 1.54) is 33.4 Å². The summed E-state index contributed by atoms with van der Waals surface area (Å²) in [5.74, 6) is 4.20. The molecule has 56 heavy (non-hydrogen) atoms. The quantitative estimate of drug-likeness (QED) is 0.175. The van der Waals surface area contributed by atoms with Crippen LogP contribution >= 0.6 is 11.6 Å². The number of benzene rings is 4. The summed E-state index contributed by atoms with van der Waals surface area (Å²) in [6, 6.07) is 18.9. The first kappa shape index (κ1) is 43.5. The van der Waals surface area contributed by atoms with Crippen molar-refractivity contribution in [3.05, 3.63) is 115 Å². The monoisotopic (exact) mass is 780 g/mol. The highest BCUT2D eigenvalue weighted by atomic mass is 35.5. The fraction of sp³-hybridized carbons (Fsp3) is 0.529. The number of halogens is 1. The Morgan fingerprint density at radius 1 is 0.429 bits per heavy atom. The van der Waals surface area contributed by atoms with Crippen molar-refractivity contribution in [1.29, 1.82) is 0 Å². The van der Waals surface area contributed by atoms with Gasteiger partial charge in [0.15, 0.2) is 0 Å². The SMILES string of the molecule is COc1c2cc(C(C)(C)C)cc1Cc1cc(C(C)(C)C)cc(c1OC)C(CCCCl)c1cc(C(C)(C)C)cc(c1OC)Cc1cc(C(C)(C)C)cc(c1OC)C2. The van der Waals surface area contributed by atoms with Crippen molar-refractivity contribution in [3.63, 3.8) is 0 Å². The normalized spacial score (nSPS) is 14.1. The summed E-state index contributed by atoms with van der Waals surface area (Å²) in [6.07, 6.45) is 3.65. The van der Waals surface area contributed by atoms with Crippen LogP contribution in [-0.4, -0.2) is 34.3 Å². The number of alkyl halides is 1. The lowest BCUT2D eigenvalue weighted by atomic mass is 9.76. The molecule has 1 aliphatic rings. The molecule has 0 radical (unpaired) electrons. The van der Waals surface area contributed by atoms with Gasteiger partial charge in [0.2, 0.25) is 0 Å². The first-order chi connectivity index (χ1) is 26.0. The molecule has 0 saturated carbocycles. The van der Waals surface area contributed by atoms with Crippen LogP contribution in [0.1, 0.15) is 169 Å². The molecule has 0 heterocycles. The van der Waals surface area contributed by atoms with Gasteiger partial charge in [0.05, 0.1) is 28.4 Å². The van der Waals surface area contributed by atoms with E-state index in [1.807, 2.05) is 28.4 Å². The van der Waals surface area contributed by atoms with Gasteiger partial charge in [-0.3, -0.25) is 0 Å². The predicted molar refractivity (Wildman–Crippen MR) is 237 cm³/mol. The zero-order valence-corrected chi connectivity index (χ0v) is 38.2. The average molecular weight is 782 g/mol. The number of methoxy groups -OCH3 is 4. The first-order valence-electron chi connectivity index (χ1n) is 20.4. The highest BCUT2D eigenvalue weighted by Crippen LogP contribution is 2.48. The first-order valence-corrected chi connectivity index (χ1v) is 21.0. The number of ether oxygens (including phenoxy) is 4. The minimum absolute atomic E-state index is 0.0367. The van der Waals surface area contributed by atoms with E-state index in [4.69, 9.17) is 30.5 Å². The van der Waals surface area contributed by atoms with Crippen LogP contribution in [-0.2, 0) is 40.9 Å². The number of fused-ring (bicyclic) bond motifs is 8. The van der Waals surface area contributed by atoms with Crippen LogP contribution in [0.2, 0.25) is 0 Å². The molecule has 0 N–H and O–H groups in total. The smallest absolute Gasteiger partial charge is 0.126 e. The van der Waals surface area contributed by atoms with Gasteiger partial charge in [-0.15, -0.1) is 11.6 Å². The zero-order valence-electron chi connectivity index (χ0n) is 37.4. The molecule has 0 aliphatic heterocycles. The van der Waals surface area contributed by atoms with E-state index in [1.54, 1.807) is 0 Å². The van der Waals surface area contributed by atoms with E-state index in [0.29, 0.717) is 25.1 Å². The molecule has 4 nitrogen and oxygen atoms in total. The third-order valence-electron chi connectivity index (χ3n) is 11.7. The minimum Gasteiger partial charge on any atom is -0.496 e. The second kappa shape index (κ2) is 16.3. The average Bonchev–Trinajstić information content (AvgIpc) is 3.09. The van der Waals surface area contributed by atoms with Crippen molar-refractivity contribution in [2.45, 2.75) is 143 Å².